The molecule has 2 N–H and O–H groups in total. The number of hydrogen-bond acceptors (Lipinski definition) is 2. The van der Waals surface area contributed by atoms with Gasteiger partial charge in [-0.05, 0) is 20.3 Å². The lowest BCUT2D eigenvalue weighted by Crippen LogP contribution is -2.38. The fourth-order valence-corrected chi connectivity index (χ4v) is 1.17. The second-order valence-corrected chi connectivity index (χ2v) is 3.81. The zero-order chi connectivity index (χ0) is 9.61. The normalized spacial score (nSPS) is 15.7. The summed E-state index contributed by atoms with van der Waals surface area (Å²) in [5.41, 5.74) is 0.534. The SMILES string of the molecule is C=C(C)CNCC(C)(O)CCC. The van der Waals surface area contributed by atoms with Crippen LogP contribution in [-0.4, -0.2) is 23.8 Å². The Morgan fingerprint density at radius 2 is 2.17 bits per heavy atom. The average molecular weight is 171 g/mol. The molecule has 1 atom stereocenters. The molecule has 2 nitrogen and oxygen atoms in total. The van der Waals surface area contributed by atoms with E-state index in [4.69, 9.17) is 0 Å². The zero-order valence-corrected chi connectivity index (χ0v) is 8.48. The number of rotatable bonds is 6. The van der Waals surface area contributed by atoms with Gasteiger partial charge < -0.3 is 10.4 Å². The molecule has 0 amide bonds. The summed E-state index contributed by atoms with van der Waals surface area (Å²) in [6.07, 6.45) is 1.86. The van der Waals surface area contributed by atoms with Crippen molar-refractivity contribution in [3.05, 3.63) is 12.2 Å². The van der Waals surface area contributed by atoms with Crippen LogP contribution in [0.4, 0.5) is 0 Å². The first-order valence-electron chi connectivity index (χ1n) is 4.55. The molecule has 0 aromatic rings. The van der Waals surface area contributed by atoms with E-state index in [9.17, 15) is 5.11 Å². The minimum Gasteiger partial charge on any atom is -0.389 e. The van der Waals surface area contributed by atoms with Gasteiger partial charge in [0, 0.05) is 13.1 Å². The lowest BCUT2D eigenvalue weighted by Gasteiger charge is -2.22. The molecule has 0 rings (SSSR count). The molecule has 1 unspecified atom stereocenters. The minimum atomic E-state index is -0.565. The molecular formula is C10H21NO. The summed E-state index contributed by atoms with van der Waals surface area (Å²) in [5.74, 6) is 0. The van der Waals surface area contributed by atoms with Crippen LogP contribution in [0.2, 0.25) is 0 Å². The van der Waals surface area contributed by atoms with Crippen molar-refractivity contribution in [1.29, 1.82) is 0 Å². The average Bonchev–Trinajstić information content (AvgIpc) is 1.85. The Hall–Kier alpha value is -0.340. The van der Waals surface area contributed by atoms with Gasteiger partial charge in [-0.25, -0.2) is 0 Å². The van der Waals surface area contributed by atoms with E-state index in [2.05, 4.69) is 18.8 Å². The summed E-state index contributed by atoms with van der Waals surface area (Å²) in [4.78, 5) is 0. The predicted octanol–water partition coefficient (Wildman–Crippen LogP) is 1.70. The van der Waals surface area contributed by atoms with Crippen LogP contribution in [0.15, 0.2) is 12.2 Å². The zero-order valence-electron chi connectivity index (χ0n) is 8.48. The van der Waals surface area contributed by atoms with Crippen LogP contribution < -0.4 is 5.32 Å². The maximum Gasteiger partial charge on any atom is 0.0743 e. The van der Waals surface area contributed by atoms with Gasteiger partial charge in [0.1, 0.15) is 0 Å². The maximum atomic E-state index is 9.74. The lowest BCUT2D eigenvalue weighted by atomic mass is 10.0. The summed E-state index contributed by atoms with van der Waals surface area (Å²) in [5, 5.41) is 12.9. The quantitative estimate of drug-likeness (QED) is 0.596. The third-order valence-corrected chi connectivity index (χ3v) is 1.72. The second kappa shape index (κ2) is 5.33. The third-order valence-electron chi connectivity index (χ3n) is 1.72. The molecule has 0 fully saturated rings. The molecule has 0 aliphatic rings. The first-order chi connectivity index (χ1) is 5.48. The third kappa shape index (κ3) is 6.38. The van der Waals surface area contributed by atoms with Gasteiger partial charge in [0.25, 0.3) is 0 Å². The summed E-state index contributed by atoms with van der Waals surface area (Å²) >= 11 is 0. The van der Waals surface area contributed by atoms with Crippen LogP contribution in [0.5, 0.6) is 0 Å². The molecule has 0 radical (unpaired) electrons. The Balaban J connectivity index is 3.53. The van der Waals surface area contributed by atoms with Crippen LogP contribution in [0.25, 0.3) is 0 Å². The largest absolute Gasteiger partial charge is 0.389 e. The van der Waals surface area contributed by atoms with Gasteiger partial charge in [-0.2, -0.15) is 0 Å². The summed E-state index contributed by atoms with van der Waals surface area (Å²) in [6.45, 7) is 11.1. The van der Waals surface area contributed by atoms with E-state index in [-0.39, 0.29) is 0 Å². The maximum absolute atomic E-state index is 9.74. The van der Waals surface area contributed by atoms with E-state index in [0.29, 0.717) is 6.54 Å². The number of aliphatic hydroxyl groups is 1. The highest BCUT2D eigenvalue weighted by molar-refractivity contribution is 4.91. The summed E-state index contributed by atoms with van der Waals surface area (Å²) in [7, 11) is 0. The molecule has 0 aliphatic carbocycles. The molecule has 72 valence electrons. The van der Waals surface area contributed by atoms with Gasteiger partial charge in [0.2, 0.25) is 0 Å². The van der Waals surface area contributed by atoms with Crippen molar-refractivity contribution in [3.63, 3.8) is 0 Å². The molecule has 0 aromatic carbocycles. The van der Waals surface area contributed by atoms with Gasteiger partial charge in [-0.1, -0.05) is 25.5 Å². The van der Waals surface area contributed by atoms with Crippen LogP contribution >= 0.6 is 0 Å². The highest BCUT2D eigenvalue weighted by Crippen LogP contribution is 2.09. The van der Waals surface area contributed by atoms with Crippen LogP contribution in [-0.2, 0) is 0 Å². The predicted molar refractivity (Wildman–Crippen MR) is 53.2 cm³/mol. The Labute approximate surface area is 75.7 Å². The van der Waals surface area contributed by atoms with Crippen LogP contribution in [0, 0.1) is 0 Å². The highest BCUT2D eigenvalue weighted by Gasteiger charge is 2.17. The molecular weight excluding hydrogens is 150 g/mol. The van der Waals surface area contributed by atoms with Gasteiger partial charge in [0.05, 0.1) is 5.60 Å². The van der Waals surface area contributed by atoms with Crippen molar-refractivity contribution in [2.75, 3.05) is 13.1 Å². The van der Waals surface area contributed by atoms with Crippen LogP contribution in [0.3, 0.4) is 0 Å². The number of nitrogens with one attached hydrogen (secondary N) is 1. The Morgan fingerprint density at radius 1 is 1.58 bits per heavy atom. The first-order valence-corrected chi connectivity index (χ1v) is 4.55. The fourth-order valence-electron chi connectivity index (χ4n) is 1.17. The monoisotopic (exact) mass is 171 g/mol. The van der Waals surface area contributed by atoms with Crippen molar-refractivity contribution in [3.8, 4) is 0 Å². The van der Waals surface area contributed by atoms with Gasteiger partial charge >= 0.3 is 0 Å². The molecule has 0 saturated carbocycles. The standard InChI is InChI=1S/C10H21NO/c1-5-6-10(4,12)8-11-7-9(2)3/h11-12H,2,5-8H2,1,3-4H3. The molecule has 12 heavy (non-hydrogen) atoms. The van der Waals surface area contributed by atoms with E-state index in [1.807, 2.05) is 13.8 Å². The van der Waals surface area contributed by atoms with Crippen LogP contribution in [0.1, 0.15) is 33.6 Å². The first kappa shape index (κ1) is 11.7. The van der Waals surface area contributed by atoms with E-state index in [1.165, 1.54) is 0 Å². The van der Waals surface area contributed by atoms with E-state index in [0.717, 1.165) is 25.0 Å². The van der Waals surface area contributed by atoms with E-state index in [1.54, 1.807) is 0 Å². The minimum absolute atomic E-state index is 0.565. The van der Waals surface area contributed by atoms with E-state index >= 15 is 0 Å². The molecule has 0 aromatic heterocycles. The Bertz CT molecular complexity index is 141. The van der Waals surface area contributed by atoms with Gasteiger partial charge in [-0.3, -0.25) is 0 Å². The molecule has 0 spiro atoms. The van der Waals surface area contributed by atoms with Crippen molar-refractivity contribution in [1.82, 2.24) is 5.32 Å². The molecule has 0 heterocycles. The Morgan fingerprint density at radius 3 is 2.58 bits per heavy atom. The van der Waals surface area contributed by atoms with Crippen molar-refractivity contribution in [2.24, 2.45) is 0 Å². The molecule has 0 saturated heterocycles. The summed E-state index contributed by atoms with van der Waals surface area (Å²) < 4.78 is 0. The molecule has 2 heteroatoms. The summed E-state index contributed by atoms with van der Waals surface area (Å²) in [6, 6.07) is 0. The highest BCUT2D eigenvalue weighted by atomic mass is 16.3. The van der Waals surface area contributed by atoms with Gasteiger partial charge in [-0.15, -0.1) is 0 Å². The topological polar surface area (TPSA) is 32.3 Å². The lowest BCUT2D eigenvalue weighted by molar-refractivity contribution is 0.0509. The van der Waals surface area contributed by atoms with Crippen molar-refractivity contribution < 1.29 is 5.11 Å². The van der Waals surface area contributed by atoms with Crippen molar-refractivity contribution in [2.45, 2.75) is 39.2 Å². The molecule has 0 aliphatic heterocycles. The second-order valence-electron chi connectivity index (χ2n) is 3.81. The van der Waals surface area contributed by atoms with Crippen molar-refractivity contribution >= 4 is 0 Å². The van der Waals surface area contributed by atoms with E-state index < -0.39 is 5.60 Å². The molecule has 0 bridgehead atoms. The van der Waals surface area contributed by atoms with Gasteiger partial charge in [0.15, 0.2) is 0 Å². The number of hydrogen-bond donors (Lipinski definition) is 2. The fraction of sp³-hybridized carbons (Fsp3) is 0.800. The Kier molecular flexibility index (Phi) is 5.18. The smallest absolute Gasteiger partial charge is 0.0743 e.